The van der Waals surface area contributed by atoms with Crippen LogP contribution in [0.4, 0.5) is 4.39 Å². The summed E-state index contributed by atoms with van der Waals surface area (Å²) < 4.78 is 14.0. The third-order valence-corrected chi connectivity index (χ3v) is 4.30. The predicted molar refractivity (Wildman–Crippen MR) is 85.8 cm³/mol. The molecule has 0 saturated carbocycles. The largest absolute Gasteiger partial charge is 0.384 e. The van der Waals surface area contributed by atoms with E-state index in [-0.39, 0.29) is 12.4 Å². The van der Waals surface area contributed by atoms with Crippen LogP contribution in [0, 0.1) is 31.5 Å². The molecule has 0 amide bonds. The van der Waals surface area contributed by atoms with Gasteiger partial charge in [0.1, 0.15) is 12.4 Å². The lowest BCUT2D eigenvalue weighted by Crippen LogP contribution is -1.90. The zero-order valence-corrected chi connectivity index (χ0v) is 12.9. The van der Waals surface area contributed by atoms with E-state index in [0.717, 1.165) is 0 Å². The van der Waals surface area contributed by atoms with Gasteiger partial charge in [0.15, 0.2) is 0 Å². The van der Waals surface area contributed by atoms with Gasteiger partial charge in [-0.2, -0.15) is 0 Å². The minimum Gasteiger partial charge on any atom is -0.384 e. The first kappa shape index (κ1) is 15.6. The number of hydrogen-bond donors (Lipinski definition) is 1. The lowest BCUT2D eigenvalue weighted by molar-refractivity contribution is 0.350. The Kier molecular flexibility index (Phi) is 5.44. The van der Waals surface area contributed by atoms with Crippen molar-refractivity contribution >= 4 is 11.8 Å². The molecule has 0 heterocycles. The van der Waals surface area contributed by atoms with Crippen molar-refractivity contribution in [2.45, 2.75) is 24.5 Å². The van der Waals surface area contributed by atoms with E-state index in [1.165, 1.54) is 22.1 Å². The summed E-state index contributed by atoms with van der Waals surface area (Å²) in [6, 6.07) is 11.2. The highest BCUT2D eigenvalue weighted by atomic mass is 32.2. The molecule has 0 spiro atoms. The van der Waals surface area contributed by atoms with Crippen molar-refractivity contribution in [2.75, 3.05) is 6.61 Å². The van der Waals surface area contributed by atoms with Crippen molar-refractivity contribution in [2.24, 2.45) is 0 Å². The van der Waals surface area contributed by atoms with Crippen LogP contribution in [0.25, 0.3) is 0 Å². The van der Waals surface area contributed by atoms with E-state index in [1.807, 2.05) is 0 Å². The number of aliphatic hydroxyl groups excluding tert-OH is 1. The summed E-state index contributed by atoms with van der Waals surface area (Å²) in [7, 11) is 0. The van der Waals surface area contributed by atoms with E-state index in [0.29, 0.717) is 16.9 Å². The van der Waals surface area contributed by atoms with Crippen molar-refractivity contribution in [3.05, 3.63) is 64.5 Å². The summed E-state index contributed by atoms with van der Waals surface area (Å²) in [5.74, 6) is 5.55. The molecule has 0 aliphatic carbocycles. The van der Waals surface area contributed by atoms with E-state index in [4.69, 9.17) is 5.11 Å². The van der Waals surface area contributed by atoms with E-state index in [1.54, 1.807) is 23.9 Å². The molecular formula is C18H17FOS. The molecular weight excluding hydrogens is 283 g/mol. The van der Waals surface area contributed by atoms with Crippen LogP contribution in [-0.2, 0) is 5.75 Å². The summed E-state index contributed by atoms with van der Waals surface area (Å²) in [6.07, 6.45) is 0. The molecule has 2 rings (SSSR count). The first-order valence-electron chi connectivity index (χ1n) is 6.68. The molecule has 108 valence electrons. The molecule has 0 unspecified atom stereocenters. The first-order chi connectivity index (χ1) is 10.1. The molecule has 2 aromatic carbocycles. The average molecular weight is 300 g/mol. The molecule has 0 aliphatic rings. The Balaban J connectivity index is 2.09. The lowest BCUT2D eigenvalue weighted by Gasteiger charge is -2.07. The molecule has 1 nitrogen and oxygen atoms in total. The van der Waals surface area contributed by atoms with Gasteiger partial charge < -0.3 is 5.11 Å². The fraction of sp³-hybridized carbons (Fsp3) is 0.222. The molecule has 0 atom stereocenters. The SMILES string of the molecule is Cc1ccc(SCc2ccc(C#CCO)cc2F)c(C)c1. The van der Waals surface area contributed by atoms with Gasteiger partial charge in [0.25, 0.3) is 0 Å². The quantitative estimate of drug-likeness (QED) is 0.681. The van der Waals surface area contributed by atoms with Crippen molar-refractivity contribution in [3.8, 4) is 11.8 Å². The van der Waals surface area contributed by atoms with E-state index >= 15 is 0 Å². The van der Waals surface area contributed by atoms with Gasteiger partial charge in [0.2, 0.25) is 0 Å². The van der Waals surface area contributed by atoms with Crippen LogP contribution in [0.5, 0.6) is 0 Å². The highest BCUT2D eigenvalue weighted by Crippen LogP contribution is 2.27. The lowest BCUT2D eigenvalue weighted by atomic mass is 10.1. The molecule has 0 aliphatic heterocycles. The maximum Gasteiger partial charge on any atom is 0.128 e. The second kappa shape index (κ2) is 7.31. The Labute approximate surface area is 129 Å². The summed E-state index contributed by atoms with van der Waals surface area (Å²) >= 11 is 1.63. The third-order valence-electron chi connectivity index (χ3n) is 3.08. The number of benzene rings is 2. The standard InChI is InChI=1S/C18H17FOS/c1-13-5-8-18(14(2)10-13)21-12-16-7-6-15(4-3-9-20)11-17(16)19/h5-8,10-11,20H,9,12H2,1-2H3. The van der Waals surface area contributed by atoms with Gasteiger partial charge in [-0.3, -0.25) is 0 Å². The second-order valence-corrected chi connectivity index (χ2v) is 5.84. The molecule has 0 fully saturated rings. The maximum absolute atomic E-state index is 14.0. The number of aliphatic hydroxyl groups is 1. The smallest absolute Gasteiger partial charge is 0.128 e. The predicted octanol–water partition coefficient (Wildman–Crippen LogP) is 4.08. The van der Waals surface area contributed by atoms with Crippen molar-refractivity contribution in [1.29, 1.82) is 0 Å². The van der Waals surface area contributed by atoms with Gasteiger partial charge in [-0.25, -0.2) is 4.39 Å². The molecule has 0 saturated heterocycles. The van der Waals surface area contributed by atoms with Gasteiger partial charge in [-0.1, -0.05) is 35.6 Å². The molecule has 0 radical (unpaired) electrons. The number of rotatable bonds is 3. The fourth-order valence-corrected chi connectivity index (χ4v) is 3.00. The Morgan fingerprint density at radius 3 is 2.62 bits per heavy atom. The fourth-order valence-electron chi connectivity index (χ4n) is 2.00. The number of hydrogen-bond acceptors (Lipinski definition) is 2. The zero-order valence-electron chi connectivity index (χ0n) is 12.1. The average Bonchev–Trinajstić information content (AvgIpc) is 2.45. The Bertz CT molecular complexity index is 698. The van der Waals surface area contributed by atoms with Crippen LogP contribution < -0.4 is 0 Å². The summed E-state index contributed by atoms with van der Waals surface area (Å²) in [6.45, 7) is 3.92. The monoisotopic (exact) mass is 300 g/mol. The molecule has 21 heavy (non-hydrogen) atoms. The minimum atomic E-state index is -0.253. The second-order valence-electron chi connectivity index (χ2n) is 4.82. The summed E-state index contributed by atoms with van der Waals surface area (Å²) in [5.41, 5.74) is 3.69. The summed E-state index contributed by atoms with van der Waals surface area (Å²) in [5, 5.41) is 8.64. The highest BCUT2D eigenvalue weighted by Gasteiger charge is 2.05. The zero-order chi connectivity index (χ0) is 15.2. The van der Waals surface area contributed by atoms with Gasteiger partial charge in [-0.15, -0.1) is 11.8 Å². The molecule has 0 bridgehead atoms. The Morgan fingerprint density at radius 2 is 1.95 bits per heavy atom. The third kappa shape index (κ3) is 4.35. The van der Waals surface area contributed by atoms with Crippen LogP contribution in [0.3, 0.4) is 0 Å². The van der Waals surface area contributed by atoms with Crippen LogP contribution in [-0.4, -0.2) is 11.7 Å². The molecule has 2 aromatic rings. The minimum absolute atomic E-state index is 0.216. The van der Waals surface area contributed by atoms with Crippen molar-refractivity contribution < 1.29 is 9.50 Å². The van der Waals surface area contributed by atoms with E-state index in [2.05, 4.69) is 43.9 Å². The normalized spacial score (nSPS) is 10.1. The van der Waals surface area contributed by atoms with Crippen LogP contribution in [0.2, 0.25) is 0 Å². The van der Waals surface area contributed by atoms with Crippen LogP contribution >= 0.6 is 11.8 Å². The van der Waals surface area contributed by atoms with Gasteiger partial charge in [0.05, 0.1) is 0 Å². The topological polar surface area (TPSA) is 20.2 Å². The van der Waals surface area contributed by atoms with Crippen molar-refractivity contribution in [3.63, 3.8) is 0 Å². The van der Waals surface area contributed by atoms with E-state index in [9.17, 15) is 4.39 Å². The van der Waals surface area contributed by atoms with Crippen LogP contribution in [0.15, 0.2) is 41.3 Å². The Hall–Kier alpha value is -1.76. The molecule has 3 heteroatoms. The van der Waals surface area contributed by atoms with Gasteiger partial charge in [-0.05, 0) is 43.2 Å². The van der Waals surface area contributed by atoms with E-state index < -0.39 is 0 Å². The number of thioether (sulfide) groups is 1. The molecule has 0 aromatic heterocycles. The first-order valence-corrected chi connectivity index (χ1v) is 7.67. The number of aryl methyl sites for hydroxylation is 2. The van der Waals surface area contributed by atoms with Crippen molar-refractivity contribution in [1.82, 2.24) is 0 Å². The van der Waals surface area contributed by atoms with Crippen LogP contribution in [0.1, 0.15) is 22.3 Å². The number of halogens is 1. The Morgan fingerprint density at radius 1 is 1.14 bits per heavy atom. The highest BCUT2D eigenvalue weighted by molar-refractivity contribution is 7.98. The summed E-state index contributed by atoms with van der Waals surface area (Å²) in [4.78, 5) is 1.17. The van der Waals surface area contributed by atoms with Gasteiger partial charge in [0, 0.05) is 16.2 Å². The maximum atomic E-state index is 14.0. The van der Waals surface area contributed by atoms with Gasteiger partial charge >= 0.3 is 0 Å². The molecule has 1 N–H and O–H groups in total.